The predicted molar refractivity (Wildman–Crippen MR) is 71.4 cm³/mol. The maximum Gasteiger partial charge on any atom is 0.322 e. The lowest BCUT2D eigenvalue weighted by Gasteiger charge is -2.23. The van der Waals surface area contributed by atoms with Gasteiger partial charge in [0, 0.05) is 24.3 Å². The number of carboxylic acids is 1. The van der Waals surface area contributed by atoms with Crippen molar-refractivity contribution in [2.45, 2.75) is 26.3 Å². The maximum absolute atomic E-state index is 12.0. The van der Waals surface area contributed by atoms with Gasteiger partial charge >= 0.3 is 12.0 Å². The van der Waals surface area contributed by atoms with Crippen LogP contribution in [0.25, 0.3) is 0 Å². The molecular weight excluding hydrogens is 248 g/mol. The number of phenols is 1. The lowest BCUT2D eigenvalue weighted by atomic mass is 10.2. The van der Waals surface area contributed by atoms with Crippen molar-refractivity contribution >= 4 is 17.7 Å². The monoisotopic (exact) mass is 266 g/mol. The van der Waals surface area contributed by atoms with Gasteiger partial charge < -0.3 is 15.5 Å². The topological polar surface area (TPSA) is 89.9 Å². The first-order valence-corrected chi connectivity index (χ1v) is 6.03. The molecule has 0 radical (unpaired) electrons. The molecule has 19 heavy (non-hydrogen) atoms. The molecule has 2 amide bonds. The van der Waals surface area contributed by atoms with Crippen LogP contribution in [-0.4, -0.2) is 34.8 Å². The highest BCUT2D eigenvalue weighted by Crippen LogP contribution is 2.20. The van der Waals surface area contributed by atoms with Gasteiger partial charge in [0.1, 0.15) is 5.75 Å². The van der Waals surface area contributed by atoms with Crippen LogP contribution in [0.2, 0.25) is 0 Å². The summed E-state index contributed by atoms with van der Waals surface area (Å²) < 4.78 is 0. The lowest BCUT2D eigenvalue weighted by molar-refractivity contribution is -0.137. The molecule has 0 bridgehead atoms. The van der Waals surface area contributed by atoms with Crippen LogP contribution in [0.4, 0.5) is 10.5 Å². The maximum atomic E-state index is 12.0. The number of rotatable bonds is 5. The normalized spacial score (nSPS) is 11.7. The number of aliphatic carboxylic acids is 1. The molecule has 0 fully saturated rings. The summed E-state index contributed by atoms with van der Waals surface area (Å²) in [5.41, 5.74) is 0.558. The van der Waals surface area contributed by atoms with E-state index in [9.17, 15) is 14.7 Å². The number of carboxylic acid groups (broad SMARTS) is 1. The minimum atomic E-state index is -0.965. The Morgan fingerprint density at radius 1 is 1.42 bits per heavy atom. The first kappa shape index (κ1) is 14.8. The van der Waals surface area contributed by atoms with Gasteiger partial charge in [-0.25, -0.2) is 4.79 Å². The Balaban J connectivity index is 2.74. The van der Waals surface area contributed by atoms with Crippen LogP contribution in [0.5, 0.6) is 5.75 Å². The number of nitrogens with one attached hydrogen (secondary N) is 1. The molecule has 1 unspecified atom stereocenters. The highest BCUT2D eigenvalue weighted by Gasteiger charge is 2.17. The number of aromatic hydroxyl groups is 1. The van der Waals surface area contributed by atoms with Gasteiger partial charge in [-0.2, -0.15) is 0 Å². The highest BCUT2D eigenvalue weighted by atomic mass is 16.4. The molecule has 1 rings (SSSR count). The fourth-order valence-electron chi connectivity index (χ4n) is 1.71. The van der Waals surface area contributed by atoms with Crippen molar-refractivity contribution < 1.29 is 19.8 Å². The van der Waals surface area contributed by atoms with E-state index in [0.29, 0.717) is 12.2 Å². The molecule has 1 atom stereocenters. The number of phenolic OH excluding ortho intramolecular Hbond substituents is 1. The summed E-state index contributed by atoms with van der Waals surface area (Å²) in [4.78, 5) is 24.0. The number of urea groups is 1. The molecule has 0 saturated carbocycles. The third-order valence-electron chi connectivity index (χ3n) is 2.55. The van der Waals surface area contributed by atoms with Gasteiger partial charge in [0.2, 0.25) is 0 Å². The zero-order chi connectivity index (χ0) is 14.4. The van der Waals surface area contributed by atoms with Gasteiger partial charge in [-0.1, -0.05) is 6.07 Å². The van der Waals surface area contributed by atoms with E-state index in [1.54, 1.807) is 26.0 Å². The number of amides is 2. The van der Waals surface area contributed by atoms with Crippen LogP contribution >= 0.6 is 0 Å². The van der Waals surface area contributed by atoms with Crippen LogP contribution in [0.3, 0.4) is 0 Å². The van der Waals surface area contributed by atoms with Crippen molar-refractivity contribution in [3.63, 3.8) is 0 Å². The van der Waals surface area contributed by atoms with E-state index in [1.165, 1.54) is 17.0 Å². The van der Waals surface area contributed by atoms with Crippen molar-refractivity contribution in [1.82, 2.24) is 5.32 Å². The summed E-state index contributed by atoms with van der Waals surface area (Å²) in [6, 6.07) is 5.48. The lowest BCUT2D eigenvalue weighted by Crippen LogP contribution is -2.44. The molecule has 3 N–H and O–H groups in total. The average Bonchev–Trinajstić information content (AvgIpc) is 2.28. The van der Waals surface area contributed by atoms with E-state index in [2.05, 4.69) is 5.32 Å². The molecule has 0 spiro atoms. The van der Waals surface area contributed by atoms with Crippen LogP contribution in [0.1, 0.15) is 20.3 Å². The van der Waals surface area contributed by atoms with Crippen LogP contribution in [0, 0.1) is 0 Å². The molecular formula is C13H18N2O4. The number of carbonyl (C=O) groups is 2. The number of hydrogen-bond acceptors (Lipinski definition) is 3. The minimum absolute atomic E-state index is 0.0716. The van der Waals surface area contributed by atoms with E-state index in [4.69, 9.17) is 5.11 Å². The molecule has 0 saturated heterocycles. The number of benzene rings is 1. The van der Waals surface area contributed by atoms with E-state index in [0.717, 1.165) is 0 Å². The van der Waals surface area contributed by atoms with Crippen LogP contribution in [0.15, 0.2) is 24.3 Å². The van der Waals surface area contributed by atoms with Crippen molar-refractivity contribution in [2.75, 3.05) is 11.4 Å². The van der Waals surface area contributed by atoms with Gasteiger partial charge in [0.25, 0.3) is 0 Å². The zero-order valence-corrected chi connectivity index (χ0v) is 11.0. The van der Waals surface area contributed by atoms with E-state index in [1.807, 2.05) is 0 Å². The standard InChI is InChI=1S/C13H18N2O4/c1-3-15(10-5-4-6-11(16)8-10)13(19)14-9(2)7-12(17)18/h4-6,8-9,16H,3,7H2,1-2H3,(H,14,19)(H,17,18). The Morgan fingerprint density at radius 3 is 2.63 bits per heavy atom. The number of anilines is 1. The van der Waals surface area contributed by atoms with Gasteiger partial charge in [-0.15, -0.1) is 0 Å². The molecule has 6 heteroatoms. The molecule has 1 aromatic rings. The van der Waals surface area contributed by atoms with Crippen molar-refractivity contribution in [1.29, 1.82) is 0 Å². The number of hydrogen-bond donors (Lipinski definition) is 3. The van der Waals surface area contributed by atoms with E-state index in [-0.39, 0.29) is 18.2 Å². The molecule has 0 aliphatic carbocycles. The Morgan fingerprint density at radius 2 is 2.11 bits per heavy atom. The Bertz CT molecular complexity index is 462. The summed E-state index contributed by atoms with van der Waals surface area (Å²) in [6.07, 6.45) is -0.136. The third-order valence-corrected chi connectivity index (χ3v) is 2.55. The van der Waals surface area contributed by atoms with Crippen LogP contribution in [-0.2, 0) is 4.79 Å². The average molecular weight is 266 g/mol. The van der Waals surface area contributed by atoms with E-state index >= 15 is 0 Å². The van der Waals surface area contributed by atoms with E-state index < -0.39 is 12.0 Å². The first-order valence-electron chi connectivity index (χ1n) is 6.03. The zero-order valence-electron chi connectivity index (χ0n) is 11.0. The Labute approximate surface area is 111 Å². The van der Waals surface area contributed by atoms with Crippen LogP contribution < -0.4 is 10.2 Å². The summed E-state index contributed by atoms with van der Waals surface area (Å²) in [5.74, 6) is -0.893. The van der Waals surface area contributed by atoms with Crippen molar-refractivity contribution in [2.24, 2.45) is 0 Å². The second kappa shape index (κ2) is 6.63. The fourth-order valence-corrected chi connectivity index (χ4v) is 1.71. The van der Waals surface area contributed by atoms with Gasteiger partial charge in [-0.05, 0) is 26.0 Å². The fraction of sp³-hybridized carbons (Fsp3) is 0.385. The highest BCUT2D eigenvalue weighted by molar-refractivity contribution is 5.92. The predicted octanol–water partition coefficient (Wildman–Crippen LogP) is 1.79. The summed E-state index contributed by atoms with van der Waals surface area (Å²) in [7, 11) is 0. The molecule has 0 heterocycles. The second-order valence-corrected chi connectivity index (χ2v) is 4.21. The molecule has 6 nitrogen and oxygen atoms in total. The molecule has 1 aromatic carbocycles. The van der Waals surface area contributed by atoms with Crippen molar-refractivity contribution in [3.05, 3.63) is 24.3 Å². The van der Waals surface area contributed by atoms with Crippen molar-refractivity contribution in [3.8, 4) is 5.75 Å². The molecule has 104 valence electrons. The summed E-state index contributed by atoms with van der Waals surface area (Å²) >= 11 is 0. The minimum Gasteiger partial charge on any atom is -0.508 e. The van der Waals surface area contributed by atoms with Gasteiger partial charge in [-0.3, -0.25) is 9.69 Å². The molecule has 0 aliphatic heterocycles. The SMILES string of the molecule is CCN(C(=O)NC(C)CC(=O)O)c1cccc(O)c1. The molecule has 0 aliphatic rings. The smallest absolute Gasteiger partial charge is 0.322 e. The first-order chi connectivity index (χ1) is 8.93. The second-order valence-electron chi connectivity index (χ2n) is 4.21. The number of carbonyl (C=O) groups excluding carboxylic acids is 1. The Hall–Kier alpha value is -2.24. The van der Waals surface area contributed by atoms with Gasteiger partial charge in [0.05, 0.1) is 6.42 Å². The number of nitrogens with zero attached hydrogens (tertiary/aromatic N) is 1. The summed E-state index contributed by atoms with van der Waals surface area (Å²) in [5, 5.41) is 20.7. The third kappa shape index (κ3) is 4.50. The van der Waals surface area contributed by atoms with Gasteiger partial charge in [0.15, 0.2) is 0 Å². The Kier molecular flexibility index (Phi) is 5.17. The quantitative estimate of drug-likeness (QED) is 0.758. The largest absolute Gasteiger partial charge is 0.508 e. The molecule has 0 aromatic heterocycles. The summed E-state index contributed by atoms with van der Waals surface area (Å²) in [6.45, 7) is 3.84.